The molecule has 1 spiro atoms. The van der Waals surface area contributed by atoms with Gasteiger partial charge in [-0.2, -0.15) is 0 Å². The van der Waals surface area contributed by atoms with Gasteiger partial charge in [0.25, 0.3) is 11.8 Å². The van der Waals surface area contributed by atoms with Gasteiger partial charge in [0.05, 0.1) is 13.2 Å². The highest BCUT2D eigenvalue weighted by Gasteiger charge is 2.39. The monoisotopic (exact) mass is 566 g/mol. The minimum Gasteiger partial charge on any atom is -0.497 e. The molecule has 1 unspecified atom stereocenters. The van der Waals surface area contributed by atoms with Crippen LogP contribution in [0.4, 0.5) is 0 Å². The Labute approximate surface area is 249 Å². The summed E-state index contributed by atoms with van der Waals surface area (Å²) in [5.41, 5.74) is 7.20. The summed E-state index contributed by atoms with van der Waals surface area (Å²) >= 11 is 0. The number of nitrogens with zero attached hydrogens (tertiary/aromatic N) is 3. The normalized spacial score (nSPS) is 19.9. The van der Waals surface area contributed by atoms with Gasteiger partial charge < -0.3 is 15.0 Å². The number of amides is 2. The van der Waals surface area contributed by atoms with Crippen molar-refractivity contribution in [2.75, 3.05) is 33.3 Å². The van der Waals surface area contributed by atoms with Gasteiger partial charge in [-0.1, -0.05) is 6.07 Å². The van der Waals surface area contributed by atoms with Gasteiger partial charge in [-0.3, -0.25) is 19.5 Å². The minimum absolute atomic E-state index is 0.0737. The summed E-state index contributed by atoms with van der Waals surface area (Å²) in [7, 11) is 1.64. The van der Waals surface area contributed by atoms with Crippen molar-refractivity contribution in [3.05, 3.63) is 93.8 Å². The Morgan fingerprint density at radius 3 is 2.29 bits per heavy atom. The van der Waals surface area contributed by atoms with E-state index in [1.807, 2.05) is 55.4 Å². The zero-order chi connectivity index (χ0) is 29.3. The van der Waals surface area contributed by atoms with Crippen LogP contribution < -0.4 is 10.1 Å². The lowest BCUT2D eigenvalue weighted by Crippen LogP contribution is -2.48. The number of aromatic nitrogens is 1. The van der Waals surface area contributed by atoms with Gasteiger partial charge in [0, 0.05) is 43.2 Å². The number of fused-ring (bicyclic) bond motifs is 1. The van der Waals surface area contributed by atoms with Crippen LogP contribution in [0.15, 0.2) is 54.9 Å². The third-order valence-corrected chi connectivity index (χ3v) is 9.93. The molecule has 0 bridgehead atoms. The van der Waals surface area contributed by atoms with E-state index in [0.29, 0.717) is 11.0 Å². The highest BCUT2D eigenvalue weighted by atomic mass is 16.5. The second-order valence-corrected chi connectivity index (χ2v) is 12.5. The number of likely N-dealkylation sites (tertiary alicyclic amines) is 2. The first-order chi connectivity index (χ1) is 20.3. The van der Waals surface area contributed by atoms with Crippen LogP contribution in [0.2, 0.25) is 0 Å². The predicted molar refractivity (Wildman–Crippen MR) is 164 cm³/mol. The second-order valence-electron chi connectivity index (χ2n) is 12.5. The molecule has 2 aromatic carbocycles. The fraction of sp³-hybridized carbons (Fsp3) is 0.457. The van der Waals surface area contributed by atoms with Crippen molar-refractivity contribution in [2.45, 2.75) is 65.0 Å². The number of aryl methyl sites for hydroxylation is 3. The van der Waals surface area contributed by atoms with Gasteiger partial charge in [0.2, 0.25) is 0 Å². The van der Waals surface area contributed by atoms with Crippen LogP contribution in [-0.4, -0.2) is 59.9 Å². The zero-order valence-corrected chi connectivity index (χ0v) is 25.1. The molecule has 0 saturated carbocycles. The van der Waals surface area contributed by atoms with Gasteiger partial charge in [0.15, 0.2) is 0 Å². The summed E-state index contributed by atoms with van der Waals surface area (Å²) in [6, 6.07) is 14.0. The summed E-state index contributed by atoms with van der Waals surface area (Å²) in [6.07, 6.45) is 10.0. The highest BCUT2D eigenvalue weighted by molar-refractivity contribution is 5.98. The van der Waals surface area contributed by atoms with Gasteiger partial charge in [-0.25, -0.2) is 0 Å². The number of hydrogen-bond acceptors (Lipinski definition) is 5. The third-order valence-electron chi connectivity index (χ3n) is 9.93. The Hall–Kier alpha value is -3.71. The number of carbonyl (C=O) groups is 2. The molecule has 3 heterocycles. The molecule has 2 aliphatic heterocycles. The number of methoxy groups -OCH3 is 1. The Balaban J connectivity index is 1.07. The molecule has 1 N–H and O–H groups in total. The number of nitrogens with one attached hydrogen (secondary N) is 1. The number of benzene rings is 2. The molecule has 2 fully saturated rings. The molecule has 6 rings (SSSR count). The van der Waals surface area contributed by atoms with E-state index in [0.717, 1.165) is 86.4 Å². The van der Waals surface area contributed by atoms with E-state index in [4.69, 9.17) is 4.74 Å². The average molecular weight is 567 g/mol. The van der Waals surface area contributed by atoms with Crippen LogP contribution in [-0.2, 0) is 13.0 Å². The van der Waals surface area contributed by atoms with Crippen molar-refractivity contribution in [3.8, 4) is 5.75 Å². The maximum atomic E-state index is 13.6. The van der Waals surface area contributed by atoms with E-state index in [1.54, 1.807) is 7.11 Å². The predicted octanol–water partition coefficient (Wildman–Crippen LogP) is 5.64. The molecule has 3 aromatic rings. The quantitative estimate of drug-likeness (QED) is 0.418. The molecule has 42 heavy (non-hydrogen) atoms. The maximum absolute atomic E-state index is 13.6. The lowest BCUT2D eigenvalue weighted by Gasteiger charge is -2.47. The summed E-state index contributed by atoms with van der Waals surface area (Å²) < 4.78 is 5.36. The highest BCUT2D eigenvalue weighted by Crippen LogP contribution is 2.42. The Morgan fingerprint density at radius 1 is 0.952 bits per heavy atom. The van der Waals surface area contributed by atoms with Crippen LogP contribution in [0.3, 0.4) is 0 Å². The molecule has 1 atom stereocenters. The summed E-state index contributed by atoms with van der Waals surface area (Å²) in [6.45, 7) is 8.74. The standard InChI is InChI=1S/C35H42N4O3/c1-24-20-29(42-3)21-25(2)32(24)33(40)37-31-7-6-27-4-5-28(22-30(27)31)34(41)39-18-12-35(13-19-39)10-16-38(17-11-35)23-26-8-14-36-15-9-26/h4-5,8-9,14-15,20-22,31H,6-7,10-13,16-19,23H2,1-3H3,(H,37,40). The lowest BCUT2D eigenvalue weighted by atomic mass is 9.71. The number of carbonyl (C=O) groups excluding carboxylic acids is 2. The molecule has 7 nitrogen and oxygen atoms in total. The maximum Gasteiger partial charge on any atom is 0.253 e. The van der Waals surface area contributed by atoms with Crippen molar-refractivity contribution in [3.63, 3.8) is 0 Å². The molecule has 3 aliphatic rings. The largest absolute Gasteiger partial charge is 0.497 e. The number of rotatable bonds is 6. The fourth-order valence-corrected chi connectivity index (χ4v) is 7.31. The van der Waals surface area contributed by atoms with E-state index in [9.17, 15) is 9.59 Å². The van der Waals surface area contributed by atoms with Gasteiger partial charge in [-0.05, 0) is 135 Å². The summed E-state index contributed by atoms with van der Waals surface area (Å²) in [5, 5.41) is 3.26. The van der Waals surface area contributed by atoms with E-state index in [-0.39, 0.29) is 17.9 Å². The Kier molecular flexibility index (Phi) is 8.04. The van der Waals surface area contributed by atoms with Crippen LogP contribution >= 0.6 is 0 Å². The number of hydrogen-bond donors (Lipinski definition) is 1. The molecule has 7 heteroatoms. The molecule has 1 aliphatic carbocycles. The van der Waals surface area contributed by atoms with Gasteiger partial charge in [0.1, 0.15) is 5.75 Å². The summed E-state index contributed by atoms with van der Waals surface area (Å²) in [5.74, 6) is 0.794. The van der Waals surface area contributed by atoms with Crippen LogP contribution in [0.5, 0.6) is 5.75 Å². The van der Waals surface area contributed by atoms with Crippen molar-refractivity contribution < 1.29 is 14.3 Å². The number of piperidine rings is 2. The van der Waals surface area contributed by atoms with E-state index < -0.39 is 0 Å². The molecule has 1 aromatic heterocycles. The molecular weight excluding hydrogens is 524 g/mol. The molecule has 220 valence electrons. The number of ether oxygens (including phenoxy) is 1. The minimum atomic E-state index is -0.0943. The van der Waals surface area contributed by atoms with Crippen molar-refractivity contribution in [1.82, 2.24) is 20.1 Å². The Bertz CT molecular complexity index is 1430. The number of pyridine rings is 1. The van der Waals surface area contributed by atoms with Crippen LogP contribution in [0.1, 0.15) is 86.7 Å². The zero-order valence-electron chi connectivity index (χ0n) is 25.1. The summed E-state index contributed by atoms with van der Waals surface area (Å²) in [4.78, 5) is 35.7. The SMILES string of the molecule is COc1cc(C)c(C(=O)NC2CCc3ccc(C(=O)N4CCC5(CCN(Cc6ccncc6)CC5)CC4)cc32)c(C)c1. The molecular formula is C35H42N4O3. The first-order valence-corrected chi connectivity index (χ1v) is 15.3. The van der Waals surface area contributed by atoms with Crippen molar-refractivity contribution in [1.29, 1.82) is 0 Å². The van der Waals surface area contributed by atoms with Gasteiger partial charge >= 0.3 is 0 Å². The van der Waals surface area contributed by atoms with Crippen LogP contribution in [0.25, 0.3) is 0 Å². The first kappa shape index (κ1) is 28.4. The molecule has 2 saturated heterocycles. The third kappa shape index (κ3) is 5.80. The lowest BCUT2D eigenvalue weighted by molar-refractivity contribution is 0.0285. The average Bonchev–Trinajstić information content (AvgIpc) is 3.40. The smallest absolute Gasteiger partial charge is 0.253 e. The fourth-order valence-electron chi connectivity index (χ4n) is 7.31. The van der Waals surface area contributed by atoms with Crippen LogP contribution in [0, 0.1) is 19.3 Å². The van der Waals surface area contributed by atoms with E-state index in [2.05, 4.69) is 33.4 Å². The molecule has 2 amide bonds. The topological polar surface area (TPSA) is 74.8 Å². The second kappa shape index (κ2) is 11.9. The van der Waals surface area contributed by atoms with Crippen molar-refractivity contribution in [2.24, 2.45) is 5.41 Å². The Morgan fingerprint density at radius 2 is 1.62 bits per heavy atom. The first-order valence-electron chi connectivity index (χ1n) is 15.3. The van der Waals surface area contributed by atoms with E-state index >= 15 is 0 Å². The van der Waals surface area contributed by atoms with Gasteiger partial charge in [-0.15, -0.1) is 0 Å². The van der Waals surface area contributed by atoms with E-state index in [1.165, 1.54) is 24.0 Å². The van der Waals surface area contributed by atoms with Crippen molar-refractivity contribution >= 4 is 11.8 Å². The molecule has 0 radical (unpaired) electrons.